The highest BCUT2D eigenvalue weighted by molar-refractivity contribution is 5.74. The van der Waals surface area contributed by atoms with E-state index in [4.69, 9.17) is 4.74 Å². The van der Waals surface area contributed by atoms with Gasteiger partial charge in [0.15, 0.2) is 23.2 Å². The molecule has 0 bridgehead atoms. The van der Waals surface area contributed by atoms with Crippen LogP contribution in [0.5, 0.6) is 5.75 Å². The summed E-state index contributed by atoms with van der Waals surface area (Å²) < 4.78 is 64.8. The molecule has 1 saturated carbocycles. The van der Waals surface area contributed by atoms with Gasteiger partial charge in [-0.3, -0.25) is 0 Å². The Morgan fingerprint density at radius 3 is 1.90 bits per heavy atom. The Morgan fingerprint density at radius 2 is 1.32 bits per heavy atom. The van der Waals surface area contributed by atoms with Crippen molar-refractivity contribution in [2.24, 2.45) is 17.8 Å². The van der Waals surface area contributed by atoms with E-state index >= 15 is 8.78 Å². The average molecular weight is 563 g/mol. The van der Waals surface area contributed by atoms with E-state index < -0.39 is 23.3 Å². The van der Waals surface area contributed by atoms with Crippen LogP contribution in [-0.2, 0) is 0 Å². The molecule has 3 aromatic rings. The van der Waals surface area contributed by atoms with Crippen molar-refractivity contribution in [3.63, 3.8) is 0 Å². The summed E-state index contributed by atoms with van der Waals surface area (Å²) in [6, 6.07) is 12.5. The zero-order valence-electron chi connectivity index (χ0n) is 23.7. The maximum Gasteiger partial charge on any atom is 0.201 e. The smallest absolute Gasteiger partial charge is 0.201 e. The van der Waals surface area contributed by atoms with Crippen LogP contribution in [0.2, 0.25) is 0 Å². The Labute approximate surface area is 240 Å². The van der Waals surface area contributed by atoms with Gasteiger partial charge in [0.1, 0.15) is 0 Å². The van der Waals surface area contributed by atoms with Crippen LogP contribution in [0.4, 0.5) is 17.6 Å². The molecule has 5 heteroatoms. The summed E-state index contributed by atoms with van der Waals surface area (Å²) >= 11 is 0. The molecule has 0 aromatic heterocycles. The minimum absolute atomic E-state index is 0.0720. The van der Waals surface area contributed by atoms with E-state index in [0.29, 0.717) is 22.6 Å². The summed E-state index contributed by atoms with van der Waals surface area (Å²) in [6.07, 6.45) is 14.3. The molecule has 216 valence electrons. The van der Waals surface area contributed by atoms with Crippen LogP contribution in [0.3, 0.4) is 0 Å². The summed E-state index contributed by atoms with van der Waals surface area (Å²) in [5, 5.41) is 0. The number of ether oxygens (including phenoxy) is 1. The third kappa shape index (κ3) is 6.29. The molecule has 1 fully saturated rings. The van der Waals surface area contributed by atoms with Gasteiger partial charge in [0, 0.05) is 16.7 Å². The number of hydrogen-bond donors (Lipinski definition) is 0. The molecule has 0 radical (unpaired) electrons. The molecule has 2 aliphatic carbocycles. The van der Waals surface area contributed by atoms with Crippen LogP contribution in [0.15, 0.2) is 67.3 Å². The quantitative estimate of drug-likeness (QED) is 0.186. The fraction of sp³-hybridized carbons (Fsp3) is 0.389. The molecule has 0 saturated heterocycles. The lowest BCUT2D eigenvalue weighted by atomic mass is 9.70. The molecule has 1 atom stereocenters. The fourth-order valence-corrected chi connectivity index (χ4v) is 6.70. The molecule has 1 unspecified atom stereocenters. The Hall–Kier alpha value is -3.34. The molecule has 0 spiro atoms. The maximum atomic E-state index is 15.3. The van der Waals surface area contributed by atoms with Gasteiger partial charge in [0.2, 0.25) is 5.82 Å². The largest absolute Gasteiger partial charge is 0.491 e. The Morgan fingerprint density at radius 1 is 0.732 bits per heavy atom. The summed E-state index contributed by atoms with van der Waals surface area (Å²) in [5.41, 5.74) is 2.32. The fourth-order valence-electron chi connectivity index (χ4n) is 6.70. The summed E-state index contributed by atoms with van der Waals surface area (Å²) in [6.45, 7) is 5.76. The van der Waals surface area contributed by atoms with E-state index in [1.54, 1.807) is 43.3 Å². The lowest BCUT2D eigenvalue weighted by molar-refractivity contribution is 0.190. The van der Waals surface area contributed by atoms with Crippen LogP contribution in [0.25, 0.3) is 27.8 Å². The van der Waals surface area contributed by atoms with Crippen molar-refractivity contribution in [2.45, 2.75) is 64.7 Å². The highest BCUT2D eigenvalue weighted by Crippen LogP contribution is 2.43. The predicted molar refractivity (Wildman–Crippen MR) is 159 cm³/mol. The van der Waals surface area contributed by atoms with Crippen molar-refractivity contribution in [3.8, 4) is 28.0 Å². The van der Waals surface area contributed by atoms with E-state index in [9.17, 15) is 8.78 Å². The van der Waals surface area contributed by atoms with Crippen molar-refractivity contribution < 1.29 is 22.3 Å². The molecule has 3 aromatic carbocycles. The van der Waals surface area contributed by atoms with Gasteiger partial charge in [-0.15, -0.1) is 6.58 Å². The predicted octanol–water partition coefficient (Wildman–Crippen LogP) is 10.9. The first-order valence-corrected chi connectivity index (χ1v) is 14.9. The second-order valence-electron chi connectivity index (χ2n) is 11.4. The van der Waals surface area contributed by atoms with Crippen molar-refractivity contribution in [2.75, 3.05) is 6.61 Å². The zero-order valence-corrected chi connectivity index (χ0v) is 23.7. The first kappa shape index (κ1) is 29.2. The highest BCUT2D eigenvalue weighted by atomic mass is 19.2. The molecule has 2 aliphatic rings. The van der Waals surface area contributed by atoms with E-state index in [0.717, 1.165) is 43.1 Å². The molecule has 1 nitrogen and oxygen atoms in total. The van der Waals surface area contributed by atoms with Gasteiger partial charge in [0.25, 0.3) is 0 Å². The molecule has 0 heterocycles. The molecule has 0 amide bonds. The van der Waals surface area contributed by atoms with Crippen LogP contribution in [0, 0.1) is 41.0 Å². The summed E-state index contributed by atoms with van der Waals surface area (Å²) in [7, 11) is 0. The lowest BCUT2D eigenvalue weighted by Gasteiger charge is -2.35. The standard InChI is InChI=1S/C36H38F4O/c1-3-5-6-23-7-9-24(10-8-23)25-11-13-26(14-12-25)29-19-20-30(34(38)33(29)37)27-15-17-28(18-16-27)31-21-22-32(41-4-2)36(40)35(31)39/h3,13,15-25H,1,4-12,14H2,2H3. The lowest BCUT2D eigenvalue weighted by Crippen LogP contribution is -2.23. The normalized spacial score (nSPS) is 20.9. The molecule has 5 rings (SSSR count). The Bertz CT molecular complexity index is 1400. The molecular formula is C36H38F4O. The second kappa shape index (κ2) is 13.1. The van der Waals surface area contributed by atoms with Crippen molar-refractivity contribution in [3.05, 3.63) is 96.1 Å². The third-order valence-corrected chi connectivity index (χ3v) is 9.07. The van der Waals surface area contributed by atoms with Gasteiger partial charge in [-0.1, -0.05) is 61.4 Å². The van der Waals surface area contributed by atoms with E-state index in [1.807, 2.05) is 6.08 Å². The van der Waals surface area contributed by atoms with Crippen LogP contribution < -0.4 is 4.74 Å². The van der Waals surface area contributed by atoms with Crippen LogP contribution in [0.1, 0.15) is 70.3 Å². The number of allylic oxidation sites excluding steroid dienone is 3. The third-order valence-electron chi connectivity index (χ3n) is 9.07. The molecular weight excluding hydrogens is 524 g/mol. The van der Waals surface area contributed by atoms with Crippen molar-refractivity contribution in [1.82, 2.24) is 0 Å². The van der Waals surface area contributed by atoms with Gasteiger partial charge >= 0.3 is 0 Å². The summed E-state index contributed by atoms with van der Waals surface area (Å²) in [5.74, 6) is -1.76. The first-order chi connectivity index (χ1) is 19.9. The van der Waals surface area contributed by atoms with E-state index in [1.165, 1.54) is 44.2 Å². The minimum Gasteiger partial charge on any atom is -0.491 e. The Kier molecular flexibility index (Phi) is 9.32. The van der Waals surface area contributed by atoms with E-state index in [-0.39, 0.29) is 23.5 Å². The second-order valence-corrected chi connectivity index (χ2v) is 11.4. The van der Waals surface area contributed by atoms with E-state index in [2.05, 4.69) is 12.7 Å². The summed E-state index contributed by atoms with van der Waals surface area (Å²) in [4.78, 5) is 0. The van der Waals surface area contributed by atoms with Crippen LogP contribution >= 0.6 is 0 Å². The monoisotopic (exact) mass is 562 g/mol. The molecule has 41 heavy (non-hydrogen) atoms. The van der Waals surface area contributed by atoms with Gasteiger partial charge < -0.3 is 4.74 Å². The Balaban J connectivity index is 1.27. The van der Waals surface area contributed by atoms with Gasteiger partial charge in [-0.25, -0.2) is 13.2 Å². The number of benzene rings is 3. The van der Waals surface area contributed by atoms with Gasteiger partial charge in [0.05, 0.1) is 6.61 Å². The zero-order chi connectivity index (χ0) is 28.9. The van der Waals surface area contributed by atoms with Crippen LogP contribution in [-0.4, -0.2) is 6.61 Å². The topological polar surface area (TPSA) is 9.23 Å². The van der Waals surface area contributed by atoms with Crippen molar-refractivity contribution in [1.29, 1.82) is 0 Å². The number of rotatable bonds is 9. The number of halogens is 4. The average Bonchev–Trinajstić information content (AvgIpc) is 3.00. The number of hydrogen-bond acceptors (Lipinski definition) is 1. The maximum absolute atomic E-state index is 15.3. The first-order valence-electron chi connectivity index (χ1n) is 14.9. The van der Waals surface area contributed by atoms with Gasteiger partial charge in [-0.2, -0.15) is 4.39 Å². The van der Waals surface area contributed by atoms with Gasteiger partial charge in [-0.05, 0) is 98.5 Å². The van der Waals surface area contributed by atoms with Crippen molar-refractivity contribution >= 4 is 5.57 Å². The molecule has 0 aliphatic heterocycles. The highest BCUT2D eigenvalue weighted by Gasteiger charge is 2.29. The minimum atomic E-state index is -1.05. The molecule has 0 N–H and O–H groups in total. The SMILES string of the molecule is C=CCCC1CCC(C2CC=C(c3ccc(-c4ccc(-c5ccc(OCC)c(F)c5F)cc4)c(F)c3F)CC2)CC1.